The topological polar surface area (TPSA) is 23.5 Å². The SMILES string of the molecule is CC(C)N(CCO)C(C)C.Cl. The molecule has 0 unspecified atom stereocenters. The van der Waals surface area contributed by atoms with Crippen LogP contribution in [0.25, 0.3) is 0 Å². The molecule has 0 spiro atoms. The molecule has 0 aromatic carbocycles. The van der Waals surface area contributed by atoms with Crippen LogP contribution in [-0.2, 0) is 0 Å². The molecule has 0 radical (unpaired) electrons. The van der Waals surface area contributed by atoms with Crippen molar-refractivity contribution < 1.29 is 5.11 Å². The summed E-state index contributed by atoms with van der Waals surface area (Å²) in [5, 5.41) is 8.69. The highest BCUT2D eigenvalue weighted by Gasteiger charge is 2.11. The lowest BCUT2D eigenvalue weighted by Crippen LogP contribution is -2.38. The summed E-state index contributed by atoms with van der Waals surface area (Å²) < 4.78 is 0. The first-order valence-corrected chi connectivity index (χ1v) is 3.96. The van der Waals surface area contributed by atoms with E-state index in [9.17, 15) is 0 Å². The molecule has 0 fully saturated rings. The highest BCUT2D eigenvalue weighted by Crippen LogP contribution is 2.02. The van der Waals surface area contributed by atoms with Gasteiger partial charge in [-0.05, 0) is 27.7 Å². The molecule has 11 heavy (non-hydrogen) atoms. The van der Waals surface area contributed by atoms with Crippen LogP contribution in [0.15, 0.2) is 0 Å². The van der Waals surface area contributed by atoms with Gasteiger partial charge in [0.15, 0.2) is 0 Å². The predicted molar refractivity (Wildman–Crippen MR) is 51.3 cm³/mol. The molecule has 3 heteroatoms. The molecule has 0 aromatic heterocycles. The van der Waals surface area contributed by atoms with Gasteiger partial charge in [0, 0.05) is 18.6 Å². The number of aliphatic hydroxyl groups is 1. The Labute approximate surface area is 76.0 Å². The van der Waals surface area contributed by atoms with E-state index in [1.54, 1.807) is 0 Å². The molecule has 0 saturated heterocycles. The number of halogens is 1. The molecular weight excluding hydrogens is 162 g/mol. The maximum Gasteiger partial charge on any atom is 0.0558 e. The first-order chi connectivity index (χ1) is 4.59. The third-order valence-electron chi connectivity index (χ3n) is 1.68. The van der Waals surface area contributed by atoms with Crippen molar-refractivity contribution in [2.75, 3.05) is 13.2 Å². The largest absolute Gasteiger partial charge is 0.395 e. The maximum atomic E-state index is 8.69. The smallest absolute Gasteiger partial charge is 0.0558 e. The zero-order valence-electron chi connectivity index (χ0n) is 7.87. The second-order valence-corrected chi connectivity index (χ2v) is 3.15. The first-order valence-electron chi connectivity index (χ1n) is 3.96. The summed E-state index contributed by atoms with van der Waals surface area (Å²) in [6.07, 6.45) is 0. The van der Waals surface area contributed by atoms with Gasteiger partial charge in [0.05, 0.1) is 6.61 Å². The average molecular weight is 182 g/mol. The highest BCUT2D eigenvalue weighted by molar-refractivity contribution is 5.85. The average Bonchev–Trinajstić information content (AvgIpc) is 1.81. The van der Waals surface area contributed by atoms with Crippen molar-refractivity contribution >= 4 is 12.4 Å². The molecule has 0 atom stereocenters. The molecule has 0 aliphatic carbocycles. The Kier molecular flexibility index (Phi) is 8.63. The maximum absolute atomic E-state index is 8.69. The Hall–Kier alpha value is 0.210. The summed E-state index contributed by atoms with van der Waals surface area (Å²) in [7, 11) is 0. The molecule has 70 valence electrons. The quantitative estimate of drug-likeness (QED) is 0.711. The summed E-state index contributed by atoms with van der Waals surface area (Å²) in [5.74, 6) is 0. The lowest BCUT2D eigenvalue weighted by molar-refractivity contribution is 0.134. The van der Waals surface area contributed by atoms with Crippen LogP contribution in [0.1, 0.15) is 27.7 Å². The molecule has 0 amide bonds. The van der Waals surface area contributed by atoms with Gasteiger partial charge < -0.3 is 5.11 Å². The number of hydrogen-bond donors (Lipinski definition) is 1. The number of nitrogens with zero attached hydrogens (tertiary/aromatic N) is 1. The van der Waals surface area contributed by atoms with Crippen LogP contribution in [-0.4, -0.2) is 35.2 Å². The summed E-state index contributed by atoms with van der Waals surface area (Å²) >= 11 is 0. The number of rotatable bonds is 4. The van der Waals surface area contributed by atoms with E-state index < -0.39 is 0 Å². The fourth-order valence-electron chi connectivity index (χ4n) is 1.23. The van der Waals surface area contributed by atoms with Crippen molar-refractivity contribution in [1.29, 1.82) is 0 Å². The number of hydrogen-bond acceptors (Lipinski definition) is 2. The van der Waals surface area contributed by atoms with Crippen molar-refractivity contribution in [2.24, 2.45) is 0 Å². The Balaban J connectivity index is 0. The van der Waals surface area contributed by atoms with Crippen molar-refractivity contribution in [1.82, 2.24) is 4.90 Å². The zero-order chi connectivity index (χ0) is 8.15. The standard InChI is InChI=1S/C8H19NO.ClH/c1-7(2)9(5-6-10)8(3)4;/h7-8,10H,5-6H2,1-4H3;1H. The van der Waals surface area contributed by atoms with E-state index in [2.05, 4.69) is 32.6 Å². The van der Waals surface area contributed by atoms with Gasteiger partial charge >= 0.3 is 0 Å². The van der Waals surface area contributed by atoms with E-state index in [-0.39, 0.29) is 19.0 Å². The molecule has 0 saturated carbocycles. The fraction of sp³-hybridized carbons (Fsp3) is 1.00. The zero-order valence-corrected chi connectivity index (χ0v) is 8.69. The Morgan fingerprint density at radius 3 is 1.55 bits per heavy atom. The van der Waals surface area contributed by atoms with Crippen molar-refractivity contribution in [3.05, 3.63) is 0 Å². The Morgan fingerprint density at radius 2 is 1.45 bits per heavy atom. The minimum atomic E-state index is 0. The van der Waals surface area contributed by atoms with Crippen LogP contribution in [0.4, 0.5) is 0 Å². The van der Waals surface area contributed by atoms with Crippen molar-refractivity contribution in [3.63, 3.8) is 0 Å². The normalized spacial score (nSPS) is 10.9. The van der Waals surface area contributed by atoms with Gasteiger partial charge in [-0.3, -0.25) is 4.90 Å². The lowest BCUT2D eigenvalue weighted by atomic mass is 10.2. The van der Waals surface area contributed by atoms with Gasteiger partial charge in [0.25, 0.3) is 0 Å². The van der Waals surface area contributed by atoms with Gasteiger partial charge in [0.2, 0.25) is 0 Å². The van der Waals surface area contributed by atoms with E-state index >= 15 is 0 Å². The van der Waals surface area contributed by atoms with Crippen molar-refractivity contribution in [2.45, 2.75) is 39.8 Å². The number of aliphatic hydroxyl groups excluding tert-OH is 1. The molecule has 0 aliphatic heterocycles. The van der Waals surface area contributed by atoms with Crippen LogP contribution in [0, 0.1) is 0 Å². The molecule has 0 heterocycles. The second kappa shape index (κ2) is 6.89. The molecule has 1 N–H and O–H groups in total. The fourth-order valence-corrected chi connectivity index (χ4v) is 1.23. The summed E-state index contributed by atoms with van der Waals surface area (Å²) in [6, 6.07) is 1.07. The monoisotopic (exact) mass is 181 g/mol. The molecule has 0 bridgehead atoms. The van der Waals surface area contributed by atoms with Crippen molar-refractivity contribution in [3.8, 4) is 0 Å². The van der Waals surface area contributed by atoms with Crippen LogP contribution in [0.5, 0.6) is 0 Å². The van der Waals surface area contributed by atoms with Gasteiger partial charge in [-0.2, -0.15) is 0 Å². The molecule has 0 aromatic rings. The van der Waals surface area contributed by atoms with Gasteiger partial charge in [-0.1, -0.05) is 0 Å². The van der Waals surface area contributed by atoms with E-state index in [1.807, 2.05) is 0 Å². The predicted octanol–water partition coefficient (Wildman–Crippen LogP) is 1.52. The first kappa shape index (κ1) is 13.8. The van der Waals surface area contributed by atoms with Crippen LogP contribution < -0.4 is 0 Å². The Morgan fingerprint density at radius 1 is 1.09 bits per heavy atom. The molecular formula is C8H20ClNO. The Bertz CT molecular complexity index is 78.2. The lowest BCUT2D eigenvalue weighted by Gasteiger charge is -2.29. The van der Waals surface area contributed by atoms with Gasteiger partial charge in [0.1, 0.15) is 0 Å². The van der Waals surface area contributed by atoms with Gasteiger partial charge in [-0.25, -0.2) is 0 Å². The van der Waals surface area contributed by atoms with E-state index in [0.29, 0.717) is 12.1 Å². The minimum Gasteiger partial charge on any atom is -0.395 e. The van der Waals surface area contributed by atoms with E-state index in [1.165, 1.54) is 0 Å². The van der Waals surface area contributed by atoms with E-state index in [0.717, 1.165) is 6.54 Å². The van der Waals surface area contributed by atoms with Crippen LogP contribution in [0.3, 0.4) is 0 Å². The minimum absolute atomic E-state index is 0. The van der Waals surface area contributed by atoms with Crippen LogP contribution in [0.2, 0.25) is 0 Å². The summed E-state index contributed by atoms with van der Waals surface area (Å²) in [4.78, 5) is 2.26. The molecule has 0 aliphatic rings. The summed E-state index contributed by atoms with van der Waals surface area (Å²) in [5.41, 5.74) is 0. The molecule has 0 rings (SSSR count). The van der Waals surface area contributed by atoms with Crippen LogP contribution >= 0.6 is 12.4 Å². The summed E-state index contributed by atoms with van der Waals surface area (Å²) in [6.45, 7) is 9.64. The highest BCUT2D eigenvalue weighted by atomic mass is 35.5. The van der Waals surface area contributed by atoms with E-state index in [4.69, 9.17) is 5.11 Å². The third-order valence-corrected chi connectivity index (χ3v) is 1.68. The third kappa shape index (κ3) is 5.48. The molecule has 2 nitrogen and oxygen atoms in total. The van der Waals surface area contributed by atoms with Gasteiger partial charge in [-0.15, -0.1) is 12.4 Å². The second-order valence-electron chi connectivity index (χ2n) is 3.15.